The van der Waals surface area contributed by atoms with Crippen molar-refractivity contribution >= 4 is 11.7 Å². The molecule has 10 heteroatoms. The fraction of sp³-hybridized carbons (Fsp3) is 0.882. The topological polar surface area (TPSA) is 143 Å². The van der Waals surface area contributed by atoms with Gasteiger partial charge in [-0.25, -0.2) is 0 Å². The second kappa shape index (κ2) is 14.4. The molecule has 0 saturated heterocycles. The number of nitrogens with two attached hydrogens (primary N) is 1. The molecule has 0 radical (unpaired) electrons. The molecule has 3 N–H and O–H groups in total. The van der Waals surface area contributed by atoms with E-state index in [2.05, 4.69) is 15.3 Å². The number of ketones is 1. The van der Waals surface area contributed by atoms with Gasteiger partial charge in [0.1, 0.15) is 6.61 Å². The molecule has 1 amide bonds. The first-order valence-electron chi connectivity index (χ1n) is 9.13. The fourth-order valence-electron chi connectivity index (χ4n) is 2.05. The van der Waals surface area contributed by atoms with Crippen LogP contribution in [0.5, 0.6) is 0 Å². The Balaban J connectivity index is 4.19. The van der Waals surface area contributed by atoms with Gasteiger partial charge in [0.2, 0.25) is 5.91 Å². The molecule has 10 nitrogen and oxygen atoms in total. The van der Waals surface area contributed by atoms with Gasteiger partial charge in [-0.1, -0.05) is 12.0 Å². The second-order valence-corrected chi connectivity index (χ2v) is 6.98. The molecule has 27 heavy (non-hydrogen) atoms. The molecule has 1 unspecified atom stereocenters. The Hall–Kier alpha value is -1.71. The monoisotopic (exact) mass is 386 g/mol. The lowest BCUT2D eigenvalue weighted by atomic mass is 9.97. The summed E-state index contributed by atoms with van der Waals surface area (Å²) in [6.45, 7) is 8.28. The van der Waals surface area contributed by atoms with Gasteiger partial charge in [0.05, 0.1) is 31.9 Å². The third-order valence-corrected chi connectivity index (χ3v) is 4.14. The number of ether oxygens (including phenoxy) is 2. The highest BCUT2D eigenvalue weighted by Gasteiger charge is 2.32. The predicted molar refractivity (Wildman–Crippen MR) is 103 cm³/mol. The molecule has 0 aromatic carbocycles. The van der Waals surface area contributed by atoms with Crippen molar-refractivity contribution in [2.75, 3.05) is 59.7 Å². The molecule has 0 spiro atoms. The maximum absolute atomic E-state index is 12.5. The lowest BCUT2D eigenvalue weighted by Gasteiger charge is -2.33. The number of azide groups is 1. The van der Waals surface area contributed by atoms with E-state index < -0.39 is 5.54 Å². The number of hydrogen-bond acceptors (Lipinski definition) is 7. The van der Waals surface area contributed by atoms with Gasteiger partial charge in [0, 0.05) is 30.5 Å². The highest BCUT2D eigenvalue weighted by Crippen LogP contribution is 2.14. The zero-order valence-electron chi connectivity index (χ0n) is 16.9. The van der Waals surface area contributed by atoms with Crippen LogP contribution in [0, 0.1) is 5.92 Å². The standard InChI is InChI=1S/C17H34N6O4/c1-14(11-26-9-6-18)12-27-13-15(24)17(2,3)23(4)10-16(25)20-7-5-8-21-22-19/h14H,5-13,18H2,1-4H3,(H,20,25). The van der Waals surface area contributed by atoms with E-state index >= 15 is 0 Å². The second-order valence-electron chi connectivity index (χ2n) is 6.98. The average Bonchev–Trinajstić information content (AvgIpc) is 2.61. The number of hydrogen-bond donors (Lipinski definition) is 2. The third kappa shape index (κ3) is 11.6. The summed E-state index contributed by atoms with van der Waals surface area (Å²) in [6.07, 6.45) is 0.572. The van der Waals surface area contributed by atoms with Crippen LogP contribution in [0.4, 0.5) is 0 Å². The van der Waals surface area contributed by atoms with Gasteiger partial charge in [-0.05, 0) is 32.8 Å². The zero-order valence-corrected chi connectivity index (χ0v) is 16.9. The van der Waals surface area contributed by atoms with E-state index in [4.69, 9.17) is 20.7 Å². The molecule has 1 atom stereocenters. The van der Waals surface area contributed by atoms with Crippen molar-refractivity contribution in [2.45, 2.75) is 32.7 Å². The quantitative estimate of drug-likeness (QED) is 0.173. The van der Waals surface area contributed by atoms with E-state index in [1.807, 2.05) is 6.92 Å². The summed E-state index contributed by atoms with van der Waals surface area (Å²) < 4.78 is 10.8. The Labute approximate surface area is 161 Å². The number of amides is 1. The first-order valence-corrected chi connectivity index (χ1v) is 9.13. The van der Waals surface area contributed by atoms with Gasteiger partial charge in [0.15, 0.2) is 5.78 Å². The third-order valence-electron chi connectivity index (χ3n) is 4.14. The Kier molecular flexibility index (Phi) is 13.5. The van der Waals surface area contributed by atoms with Gasteiger partial charge < -0.3 is 20.5 Å². The van der Waals surface area contributed by atoms with Gasteiger partial charge in [-0.15, -0.1) is 0 Å². The number of nitrogens with one attached hydrogen (secondary N) is 1. The van der Waals surface area contributed by atoms with Crippen LogP contribution >= 0.6 is 0 Å². The highest BCUT2D eigenvalue weighted by atomic mass is 16.5. The average molecular weight is 386 g/mol. The minimum Gasteiger partial charge on any atom is -0.380 e. The minimum absolute atomic E-state index is 0.0215. The molecule has 0 aliphatic heterocycles. The summed E-state index contributed by atoms with van der Waals surface area (Å²) in [6, 6.07) is 0. The Morgan fingerprint density at radius 3 is 2.63 bits per heavy atom. The van der Waals surface area contributed by atoms with Crippen LogP contribution < -0.4 is 11.1 Å². The molecule has 0 heterocycles. The zero-order chi connectivity index (χ0) is 20.7. The maximum atomic E-state index is 12.5. The van der Waals surface area contributed by atoms with Crippen LogP contribution in [0.15, 0.2) is 5.11 Å². The van der Waals surface area contributed by atoms with E-state index in [-0.39, 0.29) is 30.8 Å². The van der Waals surface area contributed by atoms with Crippen LogP contribution in [-0.4, -0.2) is 81.8 Å². The van der Waals surface area contributed by atoms with E-state index in [9.17, 15) is 9.59 Å². The maximum Gasteiger partial charge on any atom is 0.234 e. The summed E-state index contributed by atoms with van der Waals surface area (Å²) in [7, 11) is 1.72. The number of nitrogens with zero attached hydrogens (tertiary/aromatic N) is 4. The number of carbonyl (C=O) groups excluding carboxylic acids is 2. The summed E-state index contributed by atoms with van der Waals surface area (Å²) in [5, 5.41) is 6.14. The molecule has 0 aromatic heterocycles. The van der Waals surface area contributed by atoms with Crippen LogP contribution in [-0.2, 0) is 19.1 Å². The van der Waals surface area contributed by atoms with Crippen molar-refractivity contribution in [3.8, 4) is 0 Å². The summed E-state index contributed by atoms with van der Waals surface area (Å²) in [5.74, 6) is -0.122. The van der Waals surface area contributed by atoms with Gasteiger partial charge >= 0.3 is 0 Å². The minimum atomic E-state index is -0.832. The van der Waals surface area contributed by atoms with Crippen molar-refractivity contribution < 1.29 is 19.1 Å². The molecule has 0 aromatic rings. The normalized spacial score (nSPS) is 12.5. The van der Waals surface area contributed by atoms with Crippen molar-refractivity contribution in [3.05, 3.63) is 10.4 Å². The molecular formula is C17H34N6O4. The fourth-order valence-corrected chi connectivity index (χ4v) is 2.05. The summed E-state index contributed by atoms with van der Waals surface area (Å²) in [4.78, 5) is 28.8. The van der Waals surface area contributed by atoms with Crippen LogP contribution in [0.2, 0.25) is 0 Å². The van der Waals surface area contributed by atoms with Crippen LogP contribution in [0.3, 0.4) is 0 Å². The Morgan fingerprint density at radius 2 is 2.00 bits per heavy atom. The van der Waals surface area contributed by atoms with Gasteiger partial charge in [-0.3, -0.25) is 14.5 Å². The van der Waals surface area contributed by atoms with Gasteiger partial charge in [-0.2, -0.15) is 0 Å². The van der Waals surface area contributed by atoms with Crippen molar-refractivity contribution in [1.82, 2.24) is 10.2 Å². The van der Waals surface area contributed by atoms with E-state index in [0.29, 0.717) is 45.9 Å². The Bertz CT molecular complexity index is 494. The molecule has 0 saturated carbocycles. The van der Waals surface area contributed by atoms with Crippen LogP contribution in [0.1, 0.15) is 27.2 Å². The molecule has 0 rings (SSSR count). The smallest absolute Gasteiger partial charge is 0.234 e. The number of Topliss-reactive ketones (excluding diaryl/α,β-unsaturated/α-hetero) is 1. The highest BCUT2D eigenvalue weighted by molar-refractivity contribution is 5.89. The molecule has 0 bridgehead atoms. The van der Waals surface area contributed by atoms with Crippen molar-refractivity contribution in [3.63, 3.8) is 0 Å². The van der Waals surface area contributed by atoms with Crippen molar-refractivity contribution in [2.24, 2.45) is 16.8 Å². The molecular weight excluding hydrogens is 352 g/mol. The van der Waals surface area contributed by atoms with E-state index in [1.54, 1.807) is 25.8 Å². The lowest BCUT2D eigenvalue weighted by Crippen LogP contribution is -2.52. The largest absolute Gasteiger partial charge is 0.380 e. The molecule has 0 aliphatic carbocycles. The SMILES string of the molecule is CC(COCCN)COCC(=O)C(C)(C)N(C)CC(=O)NCCCN=[N+]=[N-]. The number of carbonyl (C=O) groups is 2. The Morgan fingerprint density at radius 1 is 1.33 bits per heavy atom. The number of likely N-dealkylation sites (N-methyl/N-ethyl adjacent to an activating group) is 1. The van der Waals surface area contributed by atoms with Crippen molar-refractivity contribution in [1.29, 1.82) is 0 Å². The van der Waals surface area contributed by atoms with Gasteiger partial charge in [0.25, 0.3) is 0 Å². The molecule has 156 valence electrons. The molecule has 0 aliphatic rings. The summed E-state index contributed by atoms with van der Waals surface area (Å²) in [5.41, 5.74) is 12.7. The van der Waals surface area contributed by atoms with Crippen LogP contribution in [0.25, 0.3) is 10.4 Å². The van der Waals surface area contributed by atoms with E-state index in [1.165, 1.54) is 0 Å². The first-order chi connectivity index (χ1) is 12.8. The lowest BCUT2D eigenvalue weighted by molar-refractivity contribution is -0.135. The molecule has 0 fully saturated rings. The van der Waals surface area contributed by atoms with E-state index in [0.717, 1.165) is 0 Å². The summed E-state index contributed by atoms with van der Waals surface area (Å²) >= 11 is 0. The predicted octanol–water partition coefficient (Wildman–Crippen LogP) is 0.711. The number of rotatable bonds is 16. The first kappa shape index (κ1) is 25.3.